The quantitative estimate of drug-likeness (QED) is 0.140. The number of nitrogens with zero attached hydrogens (tertiary/aromatic N) is 2. The van der Waals surface area contributed by atoms with Gasteiger partial charge in [0.15, 0.2) is 0 Å². The molecule has 0 aliphatic heterocycles. The number of thiophene rings is 1. The largest absolute Gasteiger partial charge is 0.310 e. The van der Waals surface area contributed by atoms with Gasteiger partial charge in [-0.3, -0.25) is 0 Å². The lowest BCUT2D eigenvalue weighted by Gasteiger charge is -2.32. The molecule has 71 heavy (non-hydrogen) atoms. The molecule has 14 rings (SSSR count). The number of hydrogen-bond donors (Lipinski definition) is 0. The second-order valence-corrected chi connectivity index (χ2v) is 19.5. The van der Waals surface area contributed by atoms with Crippen LogP contribution in [0.5, 0.6) is 0 Å². The van der Waals surface area contributed by atoms with E-state index in [-0.39, 0.29) is 0 Å². The highest BCUT2D eigenvalue weighted by atomic mass is 32.1. The fourth-order valence-electron chi connectivity index (χ4n) is 11.0. The summed E-state index contributed by atoms with van der Waals surface area (Å²) in [6.07, 6.45) is 0. The van der Waals surface area contributed by atoms with Gasteiger partial charge < -0.3 is 9.80 Å². The molecule has 0 saturated heterocycles. The fraction of sp³-hybridized carbons (Fsp3) is 0. The molecule has 332 valence electrons. The Labute approximate surface area is 416 Å². The standard InChI is InChI=1S/C68H44N2S/c1-3-23-52(24-4-1)69(65-41-49-19-8-10-27-56(49)59-30-13-15-32-61(59)65)54-39-51(47-22-17-21-46(38-47)48-35-36-63-64-37-34-45-18-7-12-29-58(45)68(64)71-67(63)43-48)40-55(44-54)70(53-25-5-2-6-26-53)66-42-50-20-9-11-28-57(50)60-31-14-16-33-62(60)66/h1-44H. The molecule has 0 fully saturated rings. The average Bonchev–Trinajstić information content (AvgIpc) is 3.83. The van der Waals surface area contributed by atoms with E-state index in [1.807, 2.05) is 11.3 Å². The summed E-state index contributed by atoms with van der Waals surface area (Å²) in [4.78, 5) is 4.93. The first-order chi connectivity index (χ1) is 35.2. The normalized spacial score (nSPS) is 11.7. The molecule has 0 atom stereocenters. The van der Waals surface area contributed by atoms with Crippen LogP contribution in [0.15, 0.2) is 267 Å². The highest BCUT2D eigenvalue weighted by Crippen LogP contribution is 2.48. The molecule has 0 amide bonds. The molecule has 0 radical (unpaired) electrons. The lowest BCUT2D eigenvalue weighted by atomic mass is 9.95. The minimum Gasteiger partial charge on any atom is -0.310 e. The summed E-state index contributed by atoms with van der Waals surface area (Å²) in [5.74, 6) is 0. The summed E-state index contributed by atoms with van der Waals surface area (Å²) < 4.78 is 2.64. The monoisotopic (exact) mass is 920 g/mol. The van der Waals surface area contributed by atoms with Crippen molar-refractivity contribution >= 4 is 119 Å². The van der Waals surface area contributed by atoms with E-state index in [0.717, 1.165) is 45.3 Å². The Balaban J connectivity index is 1.03. The van der Waals surface area contributed by atoms with Crippen LogP contribution in [0.25, 0.3) is 96.3 Å². The summed E-state index contributed by atoms with van der Waals surface area (Å²) >= 11 is 1.89. The molecule has 0 spiro atoms. The molecule has 0 unspecified atom stereocenters. The molecule has 14 aromatic rings. The Kier molecular flexibility index (Phi) is 9.75. The smallest absolute Gasteiger partial charge is 0.0546 e. The van der Waals surface area contributed by atoms with Crippen molar-refractivity contribution in [1.82, 2.24) is 0 Å². The van der Waals surface area contributed by atoms with Gasteiger partial charge in [-0.15, -0.1) is 11.3 Å². The first-order valence-corrected chi connectivity index (χ1v) is 25.1. The predicted octanol–water partition coefficient (Wildman–Crippen LogP) is 20.1. The van der Waals surface area contributed by atoms with Crippen LogP contribution in [-0.4, -0.2) is 0 Å². The zero-order chi connectivity index (χ0) is 46.8. The first-order valence-electron chi connectivity index (χ1n) is 24.3. The molecule has 0 aliphatic rings. The van der Waals surface area contributed by atoms with Gasteiger partial charge in [-0.2, -0.15) is 0 Å². The molecule has 0 saturated carbocycles. The third kappa shape index (κ3) is 7.01. The lowest BCUT2D eigenvalue weighted by Crippen LogP contribution is -2.14. The highest BCUT2D eigenvalue weighted by molar-refractivity contribution is 7.26. The minimum atomic E-state index is 1.06. The van der Waals surface area contributed by atoms with Crippen LogP contribution < -0.4 is 9.80 Å². The Morgan fingerprint density at radius 2 is 0.676 bits per heavy atom. The van der Waals surface area contributed by atoms with Crippen LogP contribution in [0.4, 0.5) is 34.1 Å². The molecule has 1 aromatic heterocycles. The van der Waals surface area contributed by atoms with E-state index in [4.69, 9.17) is 0 Å². The number of rotatable bonds is 8. The van der Waals surface area contributed by atoms with Crippen LogP contribution >= 0.6 is 11.3 Å². The Morgan fingerprint density at radius 1 is 0.225 bits per heavy atom. The molecular weight excluding hydrogens is 877 g/mol. The van der Waals surface area contributed by atoms with Crippen LogP contribution in [0.3, 0.4) is 0 Å². The van der Waals surface area contributed by atoms with Gasteiger partial charge in [0.25, 0.3) is 0 Å². The van der Waals surface area contributed by atoms with E-state index in [1.165, 1.54) is 85.2 Å². The second kappa shape index (κ2) is 16.9. The van der Waals surface area contributed by atoms with Crippen LogP contribution in [0, 0.1) is 0 Å². The number of anilines is 6. The number of para-hydroxylation sites is 2. The zero-order valence-corrected chi connectivity index (χ0v) is 39.5. The van der Waals surface area contributed by atoms with Gasteiger partial charge in [0, 0.05) is 53.7 Å². The molecule has 0 aliphatic carbocycles. The summed E-state index contributed by atoms with van der Waals surface area (Å²) in [7, 11) is 0. The van der Waals surface area contributed by atoms with Crippen molar-refractivity contribution < 1.29 is 0 Å². The highest BCUT2D eigenvalue weighted by Gasteiger charge is 2.23. The number of benzene rings is 13. The summed E-state index contributed by atoms with van der Waals surface area (Å²) in [5.41, 5.74) is 11.1. The van der Waals surface area contributed by atoms with E-state index in [0.29, 0.717) is 0 Å². The maximum Gasteiger partial charge on any atom is 0.0546 e. The van der Waals surface area contributed by atoms with Crippen molar-refractivity contribution in [1.29, 1.82) is 0 Å². The maximum atomic E-state index is 2.46. The summed E-state index contributed by atoms with van der Waals surface area (Å²) in [6.45, 7) is 0. The Bertz CT molecular complexity index is 4180. The molecule has 3 heteroatoms. The summed E-state index contributed by atoms with van der Waals surface area (Å²) in [5, 5.41) is 14.9. The van der Waals surface area contributed by atoms with E-state index < -0.39 is 0 Å². The van der Waals surface area contributed by atoms with E-state index in [2.05, 4.69) is 277 Å². The van der Waals surface area contributed by atoms with Crippen LogP contribution in [-0.2, 0) is 0 Å². The van der Waals surface area contributed by atoms with E-state index >= 15 is 0 Å². The predicted molar refractivity (Wildman–Crippen MR) is 307 cm³/mol. The van der Waals surface area contributed by atoms with Crippen molar-refractivity contribution in [2.24, 2.45) is 0 Å². The Hall–Kier alpha value is -9.02. The van der Waals surface area contributed by atoms with Crippen molar-refractivity contribution in [3.8, 4) is 22.3 Å². The molecule has 0 bridgehead atoms. The van der Waals surface area contributed by atoms with Crippen LogP contribution in [0.2, 0.25) is 0 Å². The average molecular weight is 921 g/mol. The Morgan fingerprint density at radius 3 is 1.25 bits per heavy atom. The molecule has 0 N–H and O–H groups in total. The molecule has 1 heterocycles. The SMILES string of the molecule is c1ccc(N(c2cc(-c3cccc(-c4ccc5c(c4)sc4c6ccccc6ccc54)c3)cc(N(c3ccccc3)c3cc4ccccc4c4ccccc34)c2)c2cc3ccccc3c3ccccc23)cc1. The van der Waals surface area contributed by atoms with Gasteiger partial charge in [-0.25, -0.2) is 0 Å². The third-order valence-corrected chi connectivity index (χ3v) is 15.5. The van der Waals surface area contributed by atoms with Crippen molar-refractivity contribution in [2.45, 2.75) is 0 Å². The van der Waals surface area contributed by atoms with Gasteiger partial charge in [-0.1, -0.05) is 200 Å². The van der Waals surface area contributed by atoms with Gasteiger partial charge in [-0.05, 0) is 132 Å². The molecular formula is C68H44N2S. The van der Waals surface area contributed by atoms with Gasteiger partial charge in [0.2, 0.25) is 0 Å². The lowest BCUT2D eigenvalue weighted by molar-refractivity contribution is 1.26. The van der Waals surface area contributed by atoms with E-state index in [9.17, 15) is 0 Å². The van der Waals surface area contributed by atoms with Crippen LogP contribution in [0.1, 0.15) is 0 Å². The fourth-order valence-corrected chi connectivity index (χ4v) is 12.3. The second-order valence-electron chi connectivity index (χ2n) is 18.5. The molecule has 2 nitrogen and oxygen atoms in total. The van der Waals surface area contributed by atoms with Gasteiger partial charge in [0.1, 0.15) is 0 Å². The van der Waals surface area contributed by atoms with Crippen molar-refractivity contribution in [3.05, 3.63) is 267 Å². The first kappa shape index (κ1) is 41.0. The molecule has 13 aromatic carbocycles. The van der Waals surface area contributed by atoms with Crippen molar-refractivity contribution in [2.75, 3.05) is 9.80 Å². The summed E-state index contributed by atoms with van der Waals surface area (Å²) in [6, 6.07) is 98.3. The number of fused-ring (bicyclic) bond motifs is 11. The van der Waals surface area contributed by atoms with E-state index in [1.54, 1.807) is 0 Å². The zero-order valence-electron chi connectivity index (χ0n) is 38.7. The van der Waals surface area contributed by atoms with Crippen molar-refractivity contribution in [3.63, 3.8) is 0 Å². The minimum absolute atomic E-state index is 1.06. The topological polar surface area (TPSA) is 6.48 Å². The maximum absolute atomic E-state index is 2.46. The third-order valence-electron chi connectivity index (χ3n) is 14.3. The van der Waals surface area contributed by atoms with Gasteiger partial charge >= 0.3 is 0 Å². The number of hydrogen-bond acceptors (Lipinski definition) is 3. The van der Waals surface area contributed by atoms with Gasteiger partial charge in [0.05, 0.1) is 11.4 Å².